The van der Waals surface area contributed by atoms with Crippen LogP contribution in [0, 0.1) is 10.1 Å². The molecule has 29 heavy (non-hydrogen) atoms. The van der Waals surface area contributed by atoms with Gasteiger partial charge in [0.05, 0.1) is 10.6 Å². The molecule has 2 aromatic rings. The number of para-hydroxylation sites is 1. The second kappa shape index (κ2) is 9.23. The Balaban J connectivity index is 1.70. The average Bonchev–Trinajstić information content (AvgIpc) is 3.27. The lowest BCUT2D eigenvalue weighted by atomic mass is 10.2. The smallest absolute Gasteiger partial charge is 0.270 e. The number of nitrogens with one attached hydrogen (secondary N) is 1. The van der Waals surface area contributed by atoms with Crippen molar-refractivity contribution in [2.45, 2.75) is 24.2 Å². The van der Waals surface area contributed by atoms with E-state index < -0.39 is 14.9 Å². The van der Waals surface area contributed by atoms with Crippen LogP contribution >= 0.6 is 0 Å². The van der Waals surface area contributed by atoms with E-state index in [0.29, 0.717) is 25.3 Å². The van der Waals surface area contributed by atoms with E-state index in [4.69, 9.17) is 0 Å². The maximum atomic E-state index is 13.0. The van der Waals surface area contributed by atoms with E-state index in [-0.39, 0.29) is 10.6 Å². The Kier molecular flexibility index (Phi) is 6.71. The number of nitro benzene ring substituents is 1. The Hall–Kier alpha value is -2.65. The van der Waals surface area contributed by atoms with Gasteiger partial charge in [-0.3, -0.25) is 10.1 Å². The van der Waals surface area contributed by atoms with Gasteiger partial charge in [-0.2, -0.15) is 4.31 Å². The van der Waals surface area contributed by atoms with Gasteiger partial charge in [-0.15, -0.1) is 0 Å². The third kappa shape index (κ3) is 5.04. The molecule has 0 bridgehead atoms. The lowest BCUT2D eigenvalue weighted by Crippen LogP contribution is -2.29. The van der Waals surface area contributed by atoms with E-state index in [2.05, 4.69) is 10.2 Å². The number of benzene rings is 2. The van der Waals surface area contributed by atoms with Crippen LogP contribution in [-0.4, -0.2) is 50.9 Å². The van der Waals surface area contributed by atoms with E-state index in [1.54, 1.807) is 0 Å². The number of hydrogen-bond acceptors (Lipinski definition) is 6. The highest BCUT2D eigenvalue weighted by atomic mass is 32.2. The number of non-ortho nitro benzene ring substituents is 1. The molecule has 0 amide bonds. The first-order valence-electron chi connectivity index (χ1n) is 9.68. The molecule has 1 heterocycles. The number of nitrogens with zero attached hydrogens (tertiary/aromatic N) is 3. The van der Waals surface area contributed by atoms with Crippen molar-refractivity contribution < 1.29 is 13.3 Å². The predicted octanol–water partition coefficient (Wildman–Crippen LogP) is 3.32. The molecule has 1 fully saturated rings. The summed E-state index contributed by atoms with van der Waals surface area (Å²) in [5.41, 5.74) is 1.29. The van der Waals surface area contributed by atoms with Crippen LogP contribution < -0.4 is 10.2 Å². The van der Waals surface area contributed by atoms with Crippen LogP contribution in [0.4, 0.5) is 17.1 Å². The van der Waals surface area contributed by atoms with Crippen LogP contribution in [0.25, 0.3) is 0 Å². The van der Waals surface area contributed by atoms with Gasteiger partial charge in [0.25, 0.3) is 5.69 Å². The highest BCUT2D eigenvalue weighted by Crippen LogP contribution is 2.30. The molecule has 1 aliphatic heterocycles. The number of sulfonamides is 1. The lowest BCUT2D eigenvalue weighted by molar-refractivity contribution is -0.385. The van der Waals surface area contributed by atoms with E-state index in [1.807, 2.05) is 37.4 Å². The summed E-state index contributed by atoms with van der Waals surface area (Å²) in [6.45, 7) is 2.24. The van der Waals surface area contributed by atoms with Crippen LogP contribution in [0.3, 0.4) is 0 Å². The van der Waals surface area contributed by atoms with Crippen LogP contribution in [0.2, 0.25) is 0 Å². The van der Waals surface area contributed by atoms with Gasteiger partial charge in [-0.1, -0.05) is 18.2 Å². The molecule has 0 atom stereocenters. The monoisotopic (exact) mass is 418 g/mol. The summed E-state index contributed by atoms with van der Waals surface area (Å²) in [6, 6.07) is 14.0. The minimum Gasteiger partial charge on any atom is -0.384 e. The van der Waals surface area contributed by atoms with Gasteiger partial charge in [0, 0.05) is 51.0 Å². The van der Waals surface area contributed by atoms with Crippen molar-refractivity contribution >= 4 is 27.1 Å². The second-order valence-electron chi connectivity index (χ2n) is 7.09. The predicted molar refractivity (Wildman–Crippen MR) is 114 cm³/mol. The zero-order valence-corrected chi connectivity index (χ0v) is 17.3. The fourth-order valence-electron chi connectivity index (χ4n) is 3.40. The fraction of sp³-hybridized carbons (Fsp3) is 0.400. The second-order valence-corrected chi connectivity index (χ2v) is 8.99. The number of nitro groups is 1. The Morgan fingerprint density at radius 3 is 2.48 bits per heavy atom. The first kappa shape index (κ1) is 21.1. The Morgan fingerprint density at radius 2 is 1.83 bits per heavy atom. The van der Waals surface area contributed by atoms with Gasteiger partial charge < -0.3 is 10.2 Å². The Bertz CT molecular complexity index is 944. The SMILES string of the molecule is CN(CCCNc1ccc([N+](=O)[O-])cc1S(=O)(=O)N1CCCC1)c1ccccc1. The quantitative estimate of drug-likeness (QED) is 0.381. The standard InChI is InChI=1S/C20H26N4O4S/c1-22(17-8-3-2-4-9-17)13-7-12-21-19-11-10-18(24(25)26)16-20(19)29(27,28)23-14-5-6-15-23/h2-4,8-11,16,21H,5-7,12-15H2,1H3. The molecule has 0 aliphatic carbocycles. The lowest BCUT2D eigenvalue weighted by Gasteiger charge is -2.21. The average molecular weight is 419 g/mol. The first-order chi connectivity index (χ1) is 13.9. The highest BCUT2D eigenvalue weighted by Gasteiger charge is 2.30. The Labute approximate surface area is 171 Å². The molecule has 1 N–H and O–H groups in total. The third-order valence-corrected chi connectivity index (χ3v) is 6.98. The molecular formula is C20H26N4O4S. The van der Waals surface area contributed by atoms with E-state index in [9.17, 15) is 18.5 Å². The summed E-state index contributed by atoms with van der Waals surface area (Å²) < 4.78 is 27.4. The van der Waals surface area contributed by atoms with Crippen LogP contribution in [0.15, 0.2) is 53.4 Å². The van der Waals surface area contributed by atoms with Gasteiger partial charge in [-0.05, 0) is 37.5 Å². The molecule has 0 unspecified atom stereocenters. The van der Waals surface area contributed by atoms with Crippen molar-refractivity contribution in [1.29, 1.82) is 0 Å². The van der Waals surface area contributed by atoms with Crippen molar-refractivity contribution in [2.75, 3.05) is 43.4 Å². The van der Waals surface area contributed by atoms with E-state index >= 15 is 0 Å². The molecule has 1 saturated heterocycles. The topological polar surface area (TPSA) is 95.8 Å². The fourth-order valence-corrected chi connectivity index (χ4v) is 5.11. The number of anilines is 2. The van der Waals surface area contributed by atoms with Gasteiger partial charge in [-0.25, -0.2) is 8.42 Å². The zero-order valence-electron chi connectivity index (χ0n) is 16.5. The van der Waals surface area contributed by atoms with Gasteiger partial charge in [0.2, 0.25) is 10.0 Å². The summed E-state index contributed by atoms with van der Waals surface area (Å²) in [6.07, 6.45) is 2.40. The maximum absolute atomic E-state index is 13.0. The number of rotatable bonds is 9. The summed E-state index contributed by atoms with van der Waals surface area (Å²) in [5, 5.41) is 14.3. The molecule has 0 saturated carbocycles. The van der Waals surface area contributed by atoms with Crippen LogP contribution in [0.1, 0.15) is 19.3 Å². The minimum absolute atomic E-state index is 0.0231. The van der Waals surface area contributed by atoms with Gasteiger partial charge >= 0.3 is 0 Å². The molecule has 3 rings (SSSR count). The van der Waals surface area contributed by atoms with Crippen molar-refractivity contribution in [3.8, 4) is 0 Å². The minimum atomic E-state index is -3.77. The van der Waals surface area contributed by atoms with Crippen molar-refractivity contribution in [1.82, 2.24) is 4.31 Å². The molecule has 9 heteroatoms. The molecule has 1 aliphatic rings. The molecular weight excluding hydrogens is 392 g/mol. The molecule has 8 nitrogen and oxygen atoms in total. The summed E-state index contributed by atoms with van der Waals surface area (Å²) in [5.74, 6) is 0. The van der Waals surface area contributed by atoms with Gasteiger partial charge in [0.15, 0.2) is 0 Å². The summed E-state index contributed by atoms with van der Waals surface area (Å²) >= 11 is 0. The first-order valence-corrected chi connectivity index (χ1v) is 11.1. The molecule has 2 aromatic carbocycles. The van der Waals surface area contributed by atoms with E-state index in [0.717, 1.165) is 37.6 Å². The number of hydrogen-bond donors (Lipinski definition) is 1. The molecule has 0 radical (unpaired) electrons. The summed E-state index contributed by atoms with van der Waals surface area (Å²) in [4.78, 5) is 12.7. The Morgan fingerprint density at radius 1 is 1.14 bits per heavy atom. The maximum Gasteiger partial charge on any atom is 0.270 e. The highest BCUT2D eigenvalue weighted by molar-refractivity contribution is 7.89. The van der Waals surface area contributed by atoms with Crippen LogP contribution in [0.5, 0.6) is 0 Å². The third-order valence-electron chi connectivity index (χ3n) is 5.04. The largest absolute Gasteiger partial charge is 0.384 e. The summed E-state index contributed by atoms with van der Waals surface area (Å²) in [7, 11) is -1.76. The van der Waals surface area contributed by atoms with Crippen molar-refractivity contribution in [3.05, 3.63) is 58.6 Å². The normalized spacial score (nSPS) is 14.7. The molecule has 0 spiro atoms. The zero-order chi connectivity index (χ0) is 20.9. The van der Waals surface area contributed by atoms with Crippen molar-refractivity contribution in [2.24, 2.45) is 0 Å². The molecule has 0 aromatic heterocycles. The van der Waals surface area contributed by atoms with Crippen LogP contribution in [-0.2, 0) is 10.0 Å². The van der Waals surface area contributed by atoms with Crippen molar-refractivity contribution in [3.63, 3.8) is 0 Å². The van der Waals surface area contributed by atoms with E-state index in [1.165, 1.54) is 16.4 Å². The molecule has 156 valence electrons. The van der Waals surface area contributed by atoms with Gasteiger partial charge in [0.1, 0.15) is 4.90 Å².